The van der Waals surface area contributed by atoms with Crippen LogP contribution in [0.1, 0.15) is 11.7 Å². The van der Waals surface area contributed by atoms with Gasteiger partial charge in [-0.2, -0.15) is 10.0 Å². The van der Waals surface area contributed by atoms with E-state index in [4.69, 9.17) is 0 Å². The van der Waals surface area contributed by atoms with Crippen LogP contribution in [0.5, 0.6) is 0 Å². The van der Waals surface area contributed by atoms with Crippen LogP contribution in [0.15, 0.2) is 18.2 Å². The van der Waals surface area contributed by atoms with Crippen molar-refractivity contribution in [3.63, 3.8) is 0 Å². The molecule has 7 heteroatoms. The van der Waals surface area contributed by atoms with Crippen molar-refractivity contribution < 1.29 is 4.79 Å². The van der Waals surface area contributed by atoms with Crippen LogP contribution in [0.2, 0.25) is 0 Å². The molecule has 0 atom stereocenters. The van der Waals surface area contributed by atoms with Gasteiger partial charge >= 0.3 is 0 Å². The van der Waals surface area contributed by atoms with Crippen molar-refractivity contribution in [2.75, 3.05) is 0 Å². The van der Waals surface area contributed by atoms with Gasteiger partial charge in [0.2, 0.25) is 11.3 Å². The molecule has 1 N–H and O–H groups in total. The lowest BCUT2D eigenvalue weighted by molar-refractivity contribution is 0.0921. The van der Waals surface area contributed by atoms with Gasteiger partial charge in [0, 0.05) is 19.1 Å². The van der Waals surface area contributed by atoms with Crippen molar-refractivity contribution in [3.8, 4) is 11.4 Å². The lowest BCUT2D eigenvalue weighted by atomic mass is 10.2. The van der Waals surface area contributed by atoms with E-state index in [0.717, 1.165) is 4.68 Å². The summed E-state index contributed by atoms with van der Waals surface area (Å²) in [6, 6.07) is 4.14. The number of aromatic amines is 1. The standard InChI is InChI=1S/C8H7N4O3/c1-5(13)11-8-4-6(12(14)15)2-3-7(8)9-10-11/h2-4,10H,1H3/q-1. The van der Waals surface area contributed by atoms with Gasteiger partial charge in [-0.3, -0.25) is 4.79 Å². The van der Waals surface area contributed by atoms with Gasteiger partial charge < -0.3 is 10.4 Å². The number of carbonyl (C=O) groups excluding carboxylic acids is 1. The van der Waals surface area contributed by atoms with Gasteiger partial charge in [-0.25, -0.2) is 9.90 Å². The molecule has 0 fully saturated rings. The molecule has 0 aromatic heterocycles. The summed E-state index contributed by atoms with van der Waals surface area (Å²) >= 11 is 0. The number of aromatic nitrogens is 3. The lowest BCUT2D eigenvalue weighted by Crippen LogP contribution is -2.19. The van der Waals surface area contributed by atoms with Crippen LogP contribution in [-0.2, 0) is 0 Å². The Balaban J connectivity index is 2.78. The van der Waals surface area contributed by atoms with Gasteiger partial charge in [-0.15, -0.1) is 0 Å². The SMILES string of the molecule is CC(=O)n1[nH]nc2ccc(=[N+]([O-])[O-])cc1-2. The third kappa shape index (κ3) is 1.43. The minimum atomic E-state index is -0.517. The van der Waals surface area contributed by atoms with Gasteiger partial charge in [0.05, 0.1) is 0 Å². The molecular weight excluding hydrogens is 200 g/mol. The number of nitrogens with one attached hydrogen (secondary N) is 1. The smallest absolute Gasteiger partial charge is 0.243 e. The number of benzene rings is 1. The van der Waals surface area contributed by atoms with Crippen LogP contribution < -0.4 is 10.3 Å². The summed E-state index contributed by atoms with van der Waals surface area (Å²) < 4.78 is 1.16. The molecule has 0 aromatic rings. The molecule has 0 aromatic carbocycles. The molecule has 0 saturated carbocycles. The Bertz CT molecular complexity index is 549. The number of hydrogen-bond donors (Lipinski definition) is 1. The van der Waals surface area contributed by atoms with Crippen molar-refractivity contribution in [1.82, 2.24) is 19.9 Å². The predicted molar refractivity (Wildman–Crippen MR) is 51.5 cm³/mol. The largest absolute Gasteiger partial charge is 0.612 e. The van der Waals surface area contributed by atoms with Crippen LogP contribution in [0.3, 0.4) is 0 Å². The molecule has 0 amide bonds. The molecule has 2 rings (SSSR count). The van der Waals surface area contributed by atoms with Gasteiger partial charge in [0.15, 0.2) is 0 Å². The predicted octanol–water partition coefficient (Wildman–Crippen LogP) is -0.256. The minimum absolute atomic E-state index is 0.0705. The number of rotatable bonds is 0. The van der Waals surface area contributed by atoms with E-state index in [-0.39, 0.29) is 11.3 Å². The van der Waals surface area contributed by atoms with E-state index in [1.54, 1.807) is 0 Å². The van der Waals surface area contributed by atoms with E-state index in [0.29, 0.717) is 11.4 Å². The Morgan fingerprint density at radius 2 is 2.27 bits per heavy atom. The van der Waals surface area contributed by atoms with Crippen LogP contribution in [0.4, 0.5) is 0 Å². The maximum Gasteiger partial charge on any atom is 0.243 e. The fourth-order valence-corrected chi connectivity index (χ4v) is 1.30. The maximum atomic E-state index is 11.1. The number of nitrogens with zero attached hydrogens (tertiary/aromatic N) is 3. The van der Waals surface area contributed by atoms with Gasteiger partial charge in [0.1, 0.15) is 11.4 Å². The Kier molecular flexibility index (Phi) is 1.93. The van der Waals surface area contributed by atoms with Gasteiger partial charge in [0.25, 0.3) is 0 Å². The third-order valence-electron chi connectivity index (χ3n) is 2.00. The number of fused-ring (bicyclic) bond motifs is 1. The molecule has 1 aliphatic carbocycles. The molecule has 0 radical (unpaired) electrons. The summed E-state index contributed by atoms with van der Waals surface area (Å²) in [5, 5.41) is 27.3. The molecule has 7 nitrogen and oxygen atoms in total. The van der Waals surface area contributed by atoms with E-state index in [9.17, 15) is 15.2 Å². The molecule has 0 bridgehead atoms. The number of hydrogen-bond acceptors (Lipinski definition) is 4. The highest BCUT2D eigenvalue weighted by atomic mass is 16.8. The Labute approximate surface area is 83.8 Å². The van der Waals surface area contributed by atoms with Crippen LogP contribution in [0.25, 0.3) is 11.4 Å². The minimum Gasteiger partial charge on any atom is -0.612 e. The van der Waals surface area contributed by atoms with Crippen molar-refractivity contribution in [3.05, 3.63) is 34.0 Å². The topological polar surface area (TPSA) is 99.8 Å². The van der Waals surface area contributed by atoms with E-state index in [1.807, 2.05) is 0 Å². The van der Waals surface area contributed by atoms with Crippen LogP contribution in [-0.4, -0.2) is 20.9 Å². The monoisotopic (exact) mass is 207 g/mol. The fraction of sp³-hybridized carbons (Fsp3) is 0.125. The highest BCUT2D eigenvalue weighted by Gasteiger charge is 2.13. The van der Waals surface area contributed by atoms with Gasteiger partial charge in [-0.05, 0) is 6.07 Å². The summed E-state index contributed by atoms with van der Waals surface area (Å²) in [5.74, 6) is -0.280. The molecule has 78 valence electrons. The zero-order valence-corrected chi connectivity index (χ0v) is 7.80. The van der Waals surface area contributed by atoms with Crippen molar-refractivity contribution in [2.45, 2.75) is 6.92 Å². The summed E-state index contributed by atoms with van der Waals surface area (Å²) in [7, 11) is 0. The summed E-state index contributed by atoms with van der Waals surface area (Å²) in [4.78, 5) is 10.6. The van der Waals surface area contributed by atoms with E-state index in [1.165, 1.54) is 25.1 Å². The number of H-pyrrole nitrogens is 1. The van der Waals surface area contributed by atoms with Gasteiger partial charge in [-0.1, -0.05) is 0 Å². The lowest BCUT2D eigenvalue weighted by Gasteiger charge is -2.03. The Morgan fingerprint density at radius 1 is 1.53 bits per heavy atom. The van der Waals surface area contributed by atoms with E-state index in [2.05, 4.69) is 10.3 Å². The number of carbonyl (C=O) groups is 1. The second kappa shape index (κ2) is 3.12. The third-order valence-corrected chi connectivity index (χ3v) is 2.00. The average Bonchev–Trinajstić information content (AvgIpc) is 2.59. The maximum absolute atomic E-state index is 11.1. The molecule has 2 aliphatic rings. The molecule has 0 unspecified atom stereocenters. The zero-order valence-electron chi connectivity index (χ0n) is 7.80. The summed E-state index contributed by atoms with van der Waals surface area (Å²) in [6.45, 7) is 1.34. The second-order valence-electron chi connectivity index (χ2n) is 3.00. The van der Waals surface area contributed by atoms with Crippen molar-refractivity contribution in [1.29, 1.82) is 0 Å². The average molecular weight is 207 g/mol. The molecule has 0 saturated heterocycles. The van der Waals surface area contributed by atoms with E-state index >= 15 is 0 Å². The first-order valence-corrected chi connectivity index (χ1v) is 4.15. The summed E-state index contributed by atoms with van der Waals surface area (Å²) in [5.41, 5.74) is 0.910. The first kappa shape index (κ1) is 9.25. The van der Waals surface area contributed by atoms with E-state index < -0.39 is 4.90 Å². The molecule has 1 aliphatic heterocycles. The summed E-state index contributed by atoms with van der Waals surface area (Å²) in [6.07, 6.45) is 0. The Morgan fingerprint density at radius 3 is 2.87 bits per heavy atom. The van der Waals surface area contributed by atoms with Crippen LogP contribution >= 0.6 is 0 Å². The quantitative estimate of drug-likeness (QED) is 0.601. The molecule has 0 spiro atoms. The first-order chi connectivity index (χ1) is 7.09. The highest BCUT2D eigenvalue weighted by molar-refractivity contribution is 5.80. The zero-order chi connectivity index (χ0) is 11.0. The molecule has 15 heavy (non-hydrogen) atoms. The molecule has 1 heterocycles. The highest BCUT2D eigenvalue weighted by Crippen LogP contribution is 2.14. The normalized spacial score (nSPS) is 10.5. The van der Waals surface area contributed by atoms with Crippen LogP contribution in [0, 0.1) is 10.4 Å². The second-order valence-corrected chi connectivity index (χ2v) is 3.00. The fourth-order valence-electron chi connectivity index (χ4n) is 1.30. The Hall–Kier alpha value is -2.31. The van der Waals surface area contributed by atoms with Crippen molar-refractivity contribution in [2.24, 2.45) is 0 Å². The van der Waals surface area contributed by atoms with Crippen molar-refractivity contribution >= 4 is 5.91 Å². The molecular formula is C8H7N4O3-. The first-order valence-electron chi connectivity index (χ1n) is 4.15.